The molecule has 3 nitrogen and oxygen atoms in total. The van der Waals surface area contributed by atoms with Crippen molar-refractivity contribution in [1.29, 1.82) is 0 Å². The van der Waals surface area contributed by atoms with E-state index in [2.05, 4.69) is 11.3 Å². The van der Waals surface area contributed by atoms with E-state index in [0.29, 0.717) is 12.3 Å². The molecule has 0 bridgehead atoms. The Labute approximate surface area is 90.0 Å². The summed E-state index contributed by atoms with van der Waals surface area (Å²) in [5, 5.41) is 0. The summed E-state index contributed by atoms with van der Waals surface area (Å²) >= 11 is 5.56. The van der Waals surface area contributed by atoms with Gasteiger partial charge in [0, 0.05) is 5.88 Å². The molecule has 0 heterocycles. The smallest absolute Gasteiger partial charge is 0.312 e. The van der Waals surface area contributed by atoms with E-state index in [1.165, 1.54) is 13.4 Å². The zero-order valence-corrected chi connectivity index (χ0v) is 9.42. The second kappa shape index (κ2) is 7.68. The number of carbonyl (C=O) groups is 1. The fourth-order valence-corrected chi connectivity index (χ4v) is 1.39. The number of hydrogen-bond donors (Lipinski definition) is 0. The maximum absolute atomic E-state index is 11.4. The lowest BCUT2D eigenvalue weighted by Crippen LogP contribution is -2.28. The minimum Gasteiger partial charge on any atom is -0.498 e. The largest absolute Gasteiger partial charge is 0.498 e. The Balaban J connectivity index is 4.21. The Kier molecular flexibility index (Phi) is 7.30. The Morgan fingerprint density at radius 1 is 1.64 bits per heavy atom. The molecule has 0 aliphatic rings. The normalized spacial score (nSPS) is 14.2. The number of methoxy groups -OCH3 is 1. The number of esters is 1. The first kappa shape index (κ1) is 13.3. The molecule has 0 saturated carbocycles. The number of carbonyl (C=O) groups excluding carboxylic acids is 1. The van der Waals surface area contributed by atoms with E-state index in [4.69, 9.17) is 16.3 Å². The predicted octanol–water partition coefficient (Wildman–Crippen LogP) is 2.34. The van der Waals surface area contributed by atoms with Crippen molar-refractivity contribution in [2.45, 2.75) is 25.9 Å². The van der Waals surface area contributed by atoms with Gasteiger partial charge in [-0.2, -0.15) is 0 Å². The van der Waals surface area contributed by atoms with Gasteiger partial charge in [-0.1, -0.05) is 6.58 Å². The summed E-state index contributed by atoms with van der Waals surface area (Å²) in [6.45, 7) is 5.27. The lowest BCUT2D eigenvalue weighted by molar-refractivity contribution is -0.149. The first-order chi connectivity index (χ1) is 6.67. The van der Waals surface area contributed by atoms with E-state index in [1.807, 2.05) is 6.92 Å². The highest BCUT2D eigenvalue weighted by Crippen LogP contribution is 2.16. The first-order valence-corrected chi connectivity index (χ1v) is 5.11. The summed E-state index contributed by atoms with van der Waals surface area (Å²) in [5.41, 5.74) is 0. The quantitative estimate of drug-likeness (QED) is 0.375. The molecule has 14 heavy (non-hydrogen) atoms. The van der Waals surface area contributed by atoms with Crippen LogP contribution in [0.1, 0.15) is 19.8 Å². The van der Waals surface area contributed by atoms with Crippen LogP contribution in [0.5, 0.6) is 0 Å². The molecule has 2 atom stereocenters. The molecule has 4 heteroatoms. The maximum atomic E-state index is 11.4. The van der Waals surface area contributed by atoms with Crippen molar-refractivity contribution in [3.05, 3.63) is 12.8 Å². The van der Waals surface area contributed by atoms with E-state index in [0.717, 1.165) is 6.42 Å². The summed E-state index contributed by atoms with van der Waals surface area (Å²) in [4.78, 5) is 11.4. The Morgan fingerprint density at radius 2 is 2.29 bits per heavy atom. The van der Waals surface area contributed by atoms with Crippen LogP contribution in [0, 0.1) is 5.92 Å². The van der Waals surface area contributed by atoms with Gasteiger partial charge in [0.05, 0.1) is 19.3 Å². The molecular weight excluding hydrogens is 204 g/mol. The van der Waals surface area contributed by atoms with Crippen molar-refractivity contribution in [1.82, 2.24) is 0 Å². The molecule has 0 radical (unpaired) electrons. The molecule has 0 aromatic rings. The Morgan fingerprint density at radius 3 is 2.71 bits per heavy atom. The molecule has 82 valence electrons. The van der Waals surface area contributed by atoms with Crippen LogP contribution in [0.3, 0.4) is 0 Å². The van der Waals surface area contributed by atoms with E-state index in [9.17, 15) is 4.79 Å². The van der Waals surface area contributed by atoms with Crippen molar-refractivity contribution in [3.63, 3.8) is 0 Å². The lowest BCUT2D eigenvalue weighted by Gasteiger charge is -2.20. The Bertz CT molecular complexity index is 182. The van der Waals surface area contributed by atoms with Gasteiger partial charge >= 0.3 is 5.97 Å². The summed E-state index contributed by atoms with van der Waals surface area (Å²) in [5.74, 6) is 0.00936. The highest BCUT2D eigenvalue weighted by Gasteiger charge is 2.26. The van der Waals surface area contributed by atoms with E-state index >= 15 is 0 Å². The fraction of sp³-hybridized carbons (Fsp3) is 0.700. The van der Waals surface area contributed by atoms with Crippen molar-refractivity contribution in [2.24, 2.45) is 5.92 Å². The van der Waals surface area contributed by atoms with Crippen LogP contribution in [0.15, 0.2) is 12.8 Å². The highest BCUT2D eigenvalue weighted by atomic mass is 35.5. The molecule has 0 unspecified atom stereocenters. The summed E-state index contributed by atoms with van der Waals surface area (Å²) < 4.78 is 9.82. The zero-order valence-electron chi connectivity index (χ0n) is 8.66. The zero-order chi connectivity index (χ0) is 11.0. The minimum atomic E-state index is -0.267. The molecule has 0 aromatic heterocycles. The second-order valence-corrected chi connectivity index (χ2v) is 3.35. The van der Waals surface area contributed by atoms with Crippen LogP contribution in [0.25, 0.3) is 0 Å². The molecule has 0 aliphatic heterocycles. The number of ether oxygens (including phenoxy) is 2. The summed E-state index contributed by atoms with van der Waals surface area (Å²) in [6, 6.07) is 0. The van der Waals surface area contributed by atoms with Crippen LogP contribution in [-0.4, -0.2) is 25.1 Å². The third-order valence-electron chi connectivity index (χ3n) is 2.03. The third-order valence-corrected chi connectivity index (χ3v) is 2.30. The van der Waals surface area contributed by atoms with Crippen LogP contribution in [0.2, 0.25) is 0 Å². The molecule has 0 amide bonds. The van der Waals surface area contributed by atoms with Gasteiger partial charge in [0.1, 0.15) is 6.10 Å². The summed E-state index contributed by atoms with van der Waals surface area (Å²) in [6.07, 6.45) is 2.56. The number of halogens is 1. The van der Waals surface area contributed by atoms with Crippen LogP contribution < -0.4 is 0 Å². The molecule has 0 saturated heterocycles. The standard InChI is InChI=1S/C10H17ClO3/c1-4-14-8(2)9(6-5-7-11)10(12)13-3/h4,8-9H,1,5-7H2,2-3H3/t8-,9-/m1/s1. The van der Waals surface area contributed by atoms with Crippen molar-refractivity contribution in [2.75, 3.05) is 13.0 Å². The average molecular weight is 221 g/mol. The molecule has 0 aliphatic carbocycles. The van der Waals surface area contributed by atoms with Crippen molar-refractivity contribution in [3.8, 4) is 0 Å². The molecule has 0 fully saturated rings. The van der Waals surface area contributed by atoms with E-state index in [-0.39, 0.29) is 18.0 Å². The molecular formula is C10H17ClO3. The molecule has 0 aromatic carbocycles. The van der Waals surface area contributed by atoms with Gasteiger partial charge in [-0.25, -0.2) is 0 Å². The van der Waals surface area contributed by atoms with Gasteiger partial charge in [-0.3, -0.25) is 4.79 Å². The Hall–Kier alpha value is -0.700. The molecule has 0 N–H and O–H groups in total. The van der Waals surface area contributed by atoms with E-state index in [1.54, 1.807) is 0 Å². The number of alkyl halides is 1. The average Bonchev–Trinajstić information content (AvgIpc) is 2.18. The topological polar surface area (TPSA) is 35.5 Å². The van der Waals surface area contributed by atoms with Crippen LogP contribution in [-0.2, 0) is 14.3 Å². The lowest BCUT2D eigenvalue weighted by atomic mass is 9.98. The SMILES string of the molecule is C=CO[C@H](C)[C@@H](CCCCl)C(=O)OC. The molecule has 0 rings (SSSR count). The van der Waals surface area contributed by atoms with Gasteiger partial charge in [-0.05, 0) is 19.8 Å². The first-order valence-electron chi connectivity index (χ1n) is 4.57. The summed E-state index contributed by atoms with van der Waals surface area (Å²) in [7, 11) is 1.37. The predicted molar refractivity (Wildman–Crippen MR) is 56.2 cm³/mol. The minimum absolute atomic E-state index is 0.219. The van der Waals surface area contributed by atoms with Gasteiger partial charge in [-0.15, -0.1) is 11.6 Å². The highest BCUT2D eigenvalue weighted by molar-refractivity contribution is 6.17. The fourth-order valence-electron chi connectivity index (χ4n) is 1.24. The molecule has 0 spiro atoms. The van der Waals surface area contributed by atoms with Crippen molar-refractivity contribution >= 4 is 17.6 Å². The van der Waals surface area contributed by atoms with Crippen LogP contribution in [0.4, 0.5) is 0 Å². The van der Waals surface area contributed by atoms with E-state index < -0.39 is 0 Å². The van der Waals surface area contributed by atoms with Crippen molar-refractivity contribution < 1.29 is 14.3 Å². The third kappa shape index (κ3) is 4.51. The second-order valence-electron chi connectivity index (χ2n) is 2.97. The number of hydrogen-bond acceptors (Lipinski definition) is 3. The van der Waals surface area contributed by atoms with Crippen LogP contribution >= 0.6 is 11.6 Å². The number of rotatable bonds is 7. The van der Waals surface area contributed by atoms with Gasteiger partial charge in [0.25, 0.3) is 0 Å². The van der Waals surface area contributed by atoms with Gasteiger partial charge in [0.2, 0.25) is 0 Å². The van der Waals surface area contributed by atoms with Gasteiger partial charge < -0.3 is 9.47 Å². The monoisotopic (exact) mass is 220 g/mol. The van der Waals surface area contributed by atoms with Gasteiger partial charge in [0.15, 0.2) is 0 Å². The maximum Gasteiger partial charge on any atom is 0.312 e.